The van der Waals surface area contributed by atoms with E-state index in [1.165, 1.54) is 25.7 Å². The number of hydrogen-bond acceptors (Lipinski definition) is 6. The van der Waals surface area contributed by atoms with Gasteiger partial charge in [0.2, 0.25) is 5.89 Å². The lowest BCUT2D eigenvalue weighted by atomic mass is 9.96. The highest BCUT2D eigenvalue weighted by Crippen LogP contribution is 2.39. The number of likely N-dealkylation sites (tertiary alicyclic amines) is 1. The van der Waals surface area contributed by atoms with Crippen molar-refractivity contribution in [1.29, 1.82) is 0 Å². The van der Waals surface area contributed by atoms with Gasteiger partial charge in [-0.25, -0.2) is 0 Å². The predicted octanol–water partition coefficient (Wildman–Crippen LogP) is 2.67. The first kappa shape index (κ1) is 15.5. The molecule has 23 heavy (non-hydrogen) atoms. The third-order valence-corrected chi connectivity index (χ3v) is 5.19. The van der Waals surface area contributed by atoms with E-state index in [2.05, 4.69) is 15.0 Å². The monoisotopic (exact) mass is 321 g/mol. The van der Waals surface area contributed by atoms with Crippen molar-refractivity contribution < 1.29 is 14.0 Å². The minimum absolute atomic E-state index is 0.0291. The number of rotatable bonds is 6. The van der Waals surface area contributed by atoms with Gasteiger partial charge in [0.05, 0.1) is 6.61 Å². The van der Waals surface area contributed by atoms with Gasteiger partial charge in [-0.15, -0.1) is 0 Å². The van der Waals surface area contributed by atoms with Crippen LogP contribution in [-0.4, -0.2) is 54.2 Å². The zero-order valence-corrected chi connectivity index (χ0v) is 13.8. The van der Waals surface area contributed by atoms with Crippen molar-refractivity contribution >= 4 is 0 Å². The molecule has 1 aromatic heterocycles. The first-order valence-electron chi connectivity index (χ1n) is 9.17. The van der Waals surface area contributed by atoms with Gasteiger partial charge in [-0.05, 0) is 58.0 Å². The van der Waals surface area contributed by atoms with E-state index < -0.39 is 0 Å². The van der Waals surface area contributed by atoms with E-state index in [4.69, 9.17) is 14.0 Å². The minimum atomic E-state index is 0.0291. The molecule has 0 unspecified atom stereocenters. The molecule has 1 saturated carbocycles. The van der Waals surface area contributed by atoms with Gasteiger partial charge in [0.15, 0.2) is 12.1 Å². The van der Waals surface area contributed by atoms with Crippen LogP contribution in [0.15, 0.2) is 4.52 Å². The molecule has 1 aliphatic carbocycles. The zero-order valence-electron chi connectivity index (χ0n) is 13.8. The van der Waals surface area contributed by atoms with E-state index in [1.807, 2.05) is 0 Å². The standard InChI is InChI=1S/C17H27N3O3/c1-2-11-21-15(3-1)22-12-10-20-8-6-13(7-9-20)16-18-17(23-19-16)14-4-5-14/h13-15H,1-12H2/t15-/m1/s1. The van der Waals surface area contributed by atoms with Crippen LogP contribution in [0, 0.1) is 0 Å². The average Bonchev–Trinajstić information content (AvgIpc) is 3.34. The van der Waals surface area contributed by atoms with Crippen LogP contribution in [0.3, 0.4) is 0 Å². The molecule has 3 aliphatic rings. The Labute approximate surface area is 137 Å². The van der Waals surface area contributed by atoms with Crippen molar-refractivity contribution in [1.82, 2.24) is 15.0 Å². The van der Waals surface area contributed by atoms with Crippen LogP contribution in [0.5, 0.6) is 0 Å². The highest BCUT2D eigenvalue weighted by atomic mass is 16.7. The molecule has 0 aromatic carbocycles. The lowest BCUT2D eigenvalue weighted by Gasteiger charge is -2.31. The second-order valence-electron chi connectivity index (χ2n) is 7.05. The van der Waals surface area contributed by atoms with Crippen molar-refractivity contribution in [3.63, 3.8) is 0 Å². The summed E-state index contributed by atoms with van der Waals surface area (Å²) in [5, 5.41) is 4.20. The van der Waals surface area contributed by atoms with Gasteiger partial charge in [0.25, 0.3) is 0 Å². The maximum Gasteiger partial charge on any atom is 0.229 e. The van der Waals surface area contributed by atoms with Gasteiger partial charge in [-0.1, -0.05) is 5.16 Å². The fourth-order valence-corrected chi connectivity index (χ4v) is 3.48. The quantitative estimate of drug-likeness (QED) is 0.803. The SMILES string of the molecule is C1CC[C@@H](OCCN2CCC(c3noc(C4CC4)n3)CC2)OC1. The molecule has 1 aromatic rings. The lowest BCUT2D eigenvalue weighted by molar-refractivity contribution is -0.164. The highest BCUT2D eigenvalue weighted by molar-refractivity contribution is 5.05. The molecule has 0 bridgehead atoms. The molecule has 4 rings (SSSR count). The maximum atomic E-state index is 5.83. The number of ether oxygens (including phenoxy) is 2. The van der Waals surface area contributed by atoms with Crippen molar-refractivity contribution in [2.24, 2.45) is 0 Å². The van der Waals surface area contributed by atoms with Crippen molar-refractivity contribution in [2.75, 3.05) is 32.8 Å². The minimum Gasteiger partial charge on any atom is -0.353 e. The van der Waals surface area contributed by atoms with Gasteiger partial charge in [-0.3, -0.25) is 0 Å². The Bertz CT molecular complexity index is 489. The summed E-state index contributed by atoms with van der Waals surface area (Å²) in [7, 11) is 0. The fraction of sp³-hybridized carbons (Fsp3) is 0.882. The zero-order chi connectivity index (χ0) is 15.5. The molecular formula is C17H27N3O3. The molecule has 0 amide bonds. The van der Waals surface area contributed by atoms with E-state index in [0.717, 1.165) is 63.8 Å². The topological polar surface area (TPSA) is 60.6 Å². The lowest BCUT2D eigenvalue weighted by Crippen LogP contribution is -2.36. The van der Waals surface area contributed by atoms with E-state index in [-0.39, 0.29) is 6.29 Å². The van der Waals surface area contributed by atoms with E-state index in [0.29, 0.717) is 11.8 Å². The number of nitrogens with zero attached hydrogens (tertiary/aromatic N) is 3. The number of piperidine rings is 1. The van der Waals surface area contributed by atoms with Crippen molar-refractivity contribution in [3.8, 4) is 0 Å². The van der Waals surface area contributed by atoms with Gasteiger partial charge in [0.1, 0.15) is 0 Å². The second kappa shape index (κ2) is 7.28. The maximum absolute atomic E-state index is 5.83. The highest BCUT2D eigenvalue weighted by Gasteiger charge is 2.31. The Kier molecular flexibility index (Phi) is 4.92. The van der Waals surface area contributed by atoms with E-state index in [1.54, 1.807) is 0 Å². The first-order valence-corrected chi connectivity index (χ1v) is 9.17. The van der Waals surface area contributed by atoms with Crippen LogP contribution in [0.2, 0.25) is 0 Å². The Morgan fingerprint density at radius 3 is 2.65 bits per heavy atom. The Morgan fingerprint density at radius 1 is 1.04 bits per heavy atom. The summed E-state index contributed by atoms with van der Waals surface area (Å²) >= 11 is 0. The molecule has 1 atom stereocenters. The summed E-state index contributed by atoms with van der Waals surface area (Å²) in [5.74, 6) is 2.81. The van der Waals surface area contributed by atoms with Gasteiger partial charge in [-0.2, -0.15) is 4.98 Å². The molecule has 3 fully saturated rings. The number of aromatic nitrogens is 2. The third kappa shape index (κ3) is 4.11. The van der Waals surface area contributed by atoms with Gasteiger partial charge >= 0.3 is 0 Å². The Hall–Kier alpha value is -0.980. The summed E-state index contributed by atoms with van der Waals surface area (Å²) in [4.78, 5) is 7.08. The summed E-state index contributed by atoms with van der Waals surface area (Å²) < 4.78 is 16.8. The molecule has 128 valence electrons. The van der Waals surface area contributed by atoms with Gasteiger partial charge < -0.3 is 18.9 Å². The van der Waals surface area contributed by atoms with Gasteiger partial charge in [0, 0.05) is 25.0 Å². The first-order chi connectivity index (χ1) is 11.4. The molecule has 0 N–H and O–H groups in total. The van der Waals surface area contributed by atoms with Crippen LogP contribution in [-0.2, 0) is 9.47 Å². The average molecular weight is 321 g/mol. The van der Waals surface area contributed by atoms with Crippen molar-refractivity contribution in [3.05, 3.63) is 11.7 Å². The largest absolute Gasteiger partial charge is 0.353 e. The summed E-state index contributed by atoms with van der Waals surface area (Å²) in [6, 6.07) is 0. The van der Waals surface area contributed by atoms with Crippen LogP contribution in [0.4, 0.5) is 0 Å². The molecule has 0 radical (unpaired) electrons. The smallest absolute Gasteiger partial charge is 0.229 e. The third-order valence-electron chi connectivity index (χ3n) is 5.19. The molecule has 2 saturated heterocycles. The molecule has 6 nitrogen and oxygen atoms in total. The van der Waals surface area contributed by atoms with Crippen LogP contribution >= 0.6 is 0 Å². The normalized spacial score (nSPS) is 27.4. The summed E-state index contributed by atoms with van der Waals surface area (Å²) in [6.45, 7) is 4.79. The molecule has 6 heteroatoms. The predicted molar refractivity (Wildman–Crippen MR) is 84.2 cm³/mol. The summed E-state index contributed by atoms with van der Waals surface area (Å²) in [5.41, 5.74) is 0. The van der Waals surface area contributed by atoms with E-state index in [9.17, 15) is 0 Å². The Balaban J connectivity index is 1.16. The van der Waals surface area contributed by atoms with Crippen LogP contribution in [0.25, 0.3) is 0 Å². The van der Waals surface area contributed by atoms with Crippen molar-refractivity contribution in [2.45, 2.75) is 63.1 Å². The van der Waals surface area contributed by atoms with E-state index >= 15 is 0 Å². The van der Waals surface area contributed by atoms with Crippen LogP contribution < -0.4 is 0 Å². The molecule has 2 aliphatic heterocycles. The number of hydrogen-bond donors (Lipinski definition) is 0. The fourth-order valence-electron chi connectivity index (χ4n) is 3.48. The summed E-state index contributed by atoms with van der Waals surface area (Å²) in [6.07, 6.45) is 8.13. The molecular weight excluding hydrogens is 294 g/mol. The molecule has 0 spiro atoms. The van der Waals surface area contributed by atoms with Crippen LogP contribution in [0.1, 0.15) is 68.5 Å². The molecule has 3 heterocycles. The Morgan fingerprint density at radius 2 is 1.91 bits per heavy atom. The second-order valence-corrected chi connectivity index (χ2v) is 7.05.